The van der Waals surface area contributed by atoms with Crippen LogP contribution in [0.3, 0.4) is 0 Å². The smallest absolute Gasteiger partial charge is 0.252 e. The third kappa shape index (κ3) is 3.00. The van der Waals surface area contributed by atoms with E-state index >= 15 is 0 Å². The van der Waals surface area contributed by atoms with Gasteiger partial charge in [0.25, 0.3) is 5.91 Å². The highest BCUT2D eigenvalue weighted by molar-refractivity contribution is 9.10. The van der Waals surface area contributed by atoms with Crippen molar-refractivity contribution in [1.82, 2.24) is 4.98 Å². The number of rotatable bonds is 2. The van der Waals surface area contributed by atoms with Crippen molar-refractivity contribution in [3.05, 3.63) is 58.1 Å². The Morgan fingerprint density at radius 3 is 2.80 bits per heavy atom. The first-order chi connectivity index (χ1) is 12.0. The fourth-order valence-electron chi connectivity index (χ4n) is 2.94. The van der Waals surface area contributed by atoms with Gasteiger partial charge < -0.3 is 0 Å². The van der Waals surface area contributed by atoms with E-state index in [1.54, 1.807) is 0 Å². The van der Waals surface area contributed by atoms with Crippen LogP contribution in [0.15, 0.2) is 52.0 Å². The zero-order valence-corrected chi connectivity index (χ0v) is 16.3. The Labute approximate surface area is 158 Å². The van der Waals surface area contributed by atoms with Gasteiger partial charge in [0, 0.05) is 16.8 Å². The molecular formula is C19H16BrN3OS. The number of amides is 1. The molecule has 25 heavy (non-hydrogen) atoms. The second-order valence-corrected chi connectivity index (χ2v) is 8.16. The summed E-state index contributed by atoms with van der Waals surface area (Å²) in [5, 5.41) is 6.76. The van der Waals surface area contributed by atoms with Crippen molar-refractivity contribution >= 4 is 54.2 Å². The van der Waals surface area contributed by atoms with E-state index in [-0.39, 0.29) is 11.8 Å². The average Bonchev–Trinajstić information content (AvgIpc) is 3.02. The van der Waals surface area contributed by atoms with Crippen LogP contribution in [0.5, 0.6) is 0 Å². The van der Waals surface area contributed by atoms with Crippen molar-refractivity contribution in [2.45, 2.75) is 20.3 Å². The van der Waals surface area contributed by atoms with E-state index in [1.807, 2.05) is 56.3 Å². The molecule has 1 unspecified atom stereocenters. The molecule has 0 fully saturated rings. The van der Waals surface area contributed by atoms with Gasteiger partial charge in [-0.15, -0.1) is 0 Å². The van der Waals surface area contributed by atoms with Crippen molar-refractivity contribution in [1.29, 1.82) is 0 Å². The van der Waals surface area contributed by atoms with Gasteiger partial charge in [0.1, 0.15) is 0 Å². The van der Waals surface area contributed by atoms with Crippen LogP contribution in [0.1, 0.15) is 24.5 Å². The lowest BCUT2D eigenvalue weighted by atomic mass is 9.97. The Kier molecular flexibility index (Phi) is 4.17. The Hall–Kier alpha value is -2.05. The van der Waals surface area contributed by atoms with E-state index in [0.717, 1.165) is 31.5 Å². The first-order valence-corrected chi connectivity index (χ1v) is 9.67. The number of hydrogen-bond donors (Lipinski definition) is 0. The molecule has 0 spiro atoms. The van der Waals surface area contributed by atoms with Gasteiger partial charge in [0.2, 0.25) is 5.13 Å². The number of nitrogens with zero attached hydrogens (tertiary/aromatic N) is 3. The maximum atomic E-state index is 12.7. The lowest BCUT2D eigenvalue weighted by Gasteiger charge is -2.25. The minimum Gasteiger partial charge on any atom is -0.272 e. The Bertz CT molecular complexity index is 1010. The van der Waals surface area contributed by atoms with E-state index in [1.165, 1.54) is 16.3 Å². The number of aryl methyl sites for hydroxylation is 1. The number of para-hydroxylation sites is 1. The first kappa shape index (κ1) is 16.4. The summed E-state index contributed by atoms with van der Waals surface area (Å²) in [5.74, 6) is -0.130. The van der Waals surface area contributed by atoms with Gasteiger partial charge in [-0.3, -0.25) is 4.79 Å². The number of anilines is 1. The number of carbonyl (C=O) groups is 1. The summed E-state index contributed by atoms with van der Waals surface area (Å²) in [7, 11) is 0. The minimum atomic E-state index is -0.125. The molecule has 6 heteroatoms. The zero-order chi connectivity index (χ0) is 17.6. The van der Waals surface area contributed by atoms with Crippen molar-refractivity contribution in [3.63, 3.8) is 0 Å². The van der Waals surface area contributed by atoms with Crippen LogP contribution in [-0.2, 0) is 4.79 Å². The molecule has 1 amide bonds. The molecule has 1 aliphatic heterocycles. The molecule has 0 aliphatic carbocycles. The molecule has 126 valence electrons. The fourth-order valence-corrected chi connectivity index (χ4v) is 4.34. The molecular weight excluding hydrogens is 398 g/mol. The number of hydrogen-bond acceptors (Lipinski definition) is 4. The summed E-state index contributed by atoms with van der Waals surface area (Å²) < 4.78 is 2.07. The van der Waals surface area contributed by atoms with Crippen LogP contribution >= 0.6 is 27.3 Å². The van der Waals surface area contributed by atoms with Crippen LogP contribution in [0.2, 0.25) is 0 Å². The molecule has 2 heterocycles. The van der Waals surface area contributed by atoms with Gasteiger partial charge in [-0.1, -0.05) is 58.5 Å². The summed E-state index contributed by atoms with van der Waals surface area (Å²) in [6.07, 6.45) is 0.635. The Morgan fingerprint density at radius 2 is 2.04 bits per heavy atom. The van der Waals surface area contributed by atoms with E-state index < -0.39 is 0 Å². The molecule has 0 saturated heterocycles. The first-order valence-electron chi connectivity index (χ1n) is 8.06. The van der Waals surface area contributed by atoms with Crippen molar-refractivity contribution in [3.8, 4) is 0 Å². The van der Waals surface area contributed by atoms with Crippen molar-refractivity contribution in [2.75, 3.05) is 5.01 Å². The molecule has 1 aliphatic rings. The number of halogens is 1. The van der Waals surface area contributed by atoms with Crippen LogP contribution in [0.4, 0.5) is 5.13 Å². The van der Waals surface area contributed by atoms with E-state index in [0.29, 0.717) is 11.6 Å². The number of carbonyl (C=O) groups excluding carboxylic acids is 1. The highest BCUT2D eigenvalue weighted by Gasteiger charge is 2.31. The third-order valence-corrected chi connectivity index (χ3v) is 5.79. The maximum Gasteiger partial charge on any atom is 0.252 e. The maximum absolute atomic E-state index is 12.7. The van der Waals surface area contributed by atoms with Gasteiger partial charge in [0.15, 0.2) is 0 Å². The predicted octanol–water partition coefficient (Wildman–Crippen LogP) is 5.14. The van der Waals surface area contributed by atoms with Gasteiger partial charge >= 0.3 is 0 Å². The molecule has 4 rings (SSSR count). The van der Waals surface area contributed by atoms with Crippen LogP contribution < -0.4 is 5.01 Å². The largest absolute Gasteiger partial charge is 0.272 e. The predicted molar refractivity (Wildman–Crippen MR) is 106 cm³/mol. The summed E-state index contributed by atoms with van der Waals surface area (Å²) in [5.41, 5.74) is 3.97. The van der Waals surface area contributed by atoms with Crippen LogP contribution in [0.25, 0.3) is 10.2 Å². The number of hydrazone groups is 1. The number of benzene rings is 2. The SMILES string of the molecule is Cc1cccc2sc(N3N=C(c4cccc(Br)c4)CC(C)C3=O)nc12. The van der Waals surface area contributed by atoms with Crippen LogP contribution in [-0.4, -0.2) is 16.6 Å². The molecule has 0 N–H and O–H groups in total. The molecule has 0 radical (unpaired) electrons. The monoisotopic (exact) mass is 413 g/mol. The molecule has 2 aromatic carbocycles. The molecule has 0 bridgehead atoms. The molecule has 4 nitrogen and oxygen atoms in total. The zero-order valence-electron chi connectivity index (χ0n) is 13.9. The fraction of sp³-hybridized carbons (Fsp3) is 0.211. The van der Waals surface area contributed by atoms with Gasteiger partial charge in [-0.05, 0) is 36.2 Å². The summed E-state index contributed by atoms with van der Waals surface area (Å²) in [6.45, 7) is 3.98. The quantitative estimate of drug-likeness (QED) is 0.583. The number of fused-ring (bicyclic) bond motifs is 1. The summed E-state index contributed by atoms with van der Waals surface area (Å²) in [6, 6.07) is 14.1. The lowest BCUT2D eigenvalue weighted by Crippen LogP contribution is -2.37. The van der Waals surface area contributed by atoms with E-state index in [9.17, 15) is 4.79 Å². The third-order valence-electron chi connectivity index (χ3n) is 4.30. The Morgan fingerprint density at radius 1 is 1.24 bits per heavy atom. The standard InChI is InChI=1S/C19H16BrN3OS/c1-11-5-3-8-16-17(11)21-19(25-16)23-18(24)12(2)9-15(22-23)13-6-4-7-14(20)10-13/h3-8,10,12H,9H2,1-2H3. The lowest BCUT2D eigenvalue weighted by molar-refractivity contribution is -0.122. The number of aromatic nitrogens is 1. The normalized spacial score (nSPS) is 17.9. The summed E-state index contributed by atoms with van der Waals surface area (Å²) in [4.78, 5) is 17.4. The molecule has 1 aromatic heterocycles. The molecule has 1 atom stereocenters. The average molecular weight is 414 g/mol. The molecule has 0 saturated carbocycles. The van der Waals surface area contributed by atoms with Crippen molar-refractivity contribution in [2.24, 2.45) is 11.0 Å². The van der Waals surface area contributed by atoms with Gasteiger partial charge in [0.05, 0.1) is 15.9 Å². The minimum absolute atomic E-state index is 0.00421. The topological polar surface area (TPSA) is 45.6 Å². The van der Waals surface area contributed by atoms with Crippen molar-refractivity contribution < 1.29 is 4.79 Å². The van der Waals surface area contributed by atoms with E-state index in [2.05, 4.69) is 26.0 Å². The second kappa shape index (κ2) is 6.35. The van der Waals surface area contributed by atoms with Gasteiger partial charge in [-0.2, -0.15) is 10.1 Å². The van der Waals surface area contributed by atoms with Crippen LogP contribution in [0, 0.1) is 12.8 Å². The second-order valence-electron chi connectivity index (χ2n) is 6.23. The molecule has 3 aromatic rings. The highest BCUT2D eigenvalue weighted by Crippen LogP contribution is 2.33. The Balaban J connectivity index is 1.81. The highest BCUT2D eigenvalue weighted by atomic mass is 79.9. The summed E-state index contributed by atoms with van der Waals surface area (Å²) >= 11 is 5.00. The van der Waals surface area contributed by atoms with Gasteiger partial charge in [-0.25, -0.2) is 4.98 Å². The van der Waals surface area contributed by atoms with E-state index in [4.69, 9.17) is 0 Å². The number of thiazole rings is 1.